The Kier molecular flexibility index (Phi) is 6.30. The van der Waals surface area contributed by atoms with Gasteiger partial charge in [-0.3, -0.25) is 0 Å². The third-order valence-electron chi connectivity index (χ3n) is 2.16. The van der Waals surface area contributed by atoms with Gasteiger partial charge in [-0.1, -0.05) is 15.9 Å². The number of alkyl halides is 1. The first-order chi connectivity index (χ1) is 8.12. The molecule has 1 aromatic rings. The molecule has 5 heteroatoms. The highest BCUT2D eigenvalue weighted by atomic mass is 79.9. The molecular weight excluding hydrogens is 352 g/mol. The van der Waals surface area contributed by atoms with Crippen molar-refractivity contribution in [2.45, 2.75) is 18.4 Å². The molecule has 1 aromatic carbocycles. The van der Waals surface area contributed by atoms with Crippen LogP contribution in [0.3, 0.4) is 0 Å². The number of hydrogen-bond donors (Lipinski definition) is 0. The molecule has 0 saturated carbocycles. The maximum atomic E-state index is 5.79. The van der Waals surface area contributed by atoms with Crippen LogP contribution in [0.5, 0.6) is 11.5 Å². The van der Waals surface area contributed by atoms with Crippen LogP contribution >= 0.6 is 31.9 Å². The topological polar surface area (TPSA) is 27.7 Å². The van der Waals surface area contributed by atoms with Gasteiger partial charge in [0.25, 0.3) is 0 Å². The van der Waals surface area contributed by atoms with Crippen LogP contribution in [-0.2, 0) is 10.1 Å². The van der Waals surface area contributed by atoms with Gasteiger partial charge in [0.1, 0.15) is 6.10 Å². The van der Waals surface area contributed by atoms with Crippen molar-refractivity contribution in [2.75, 3.05) is 20.8 Å². The van der Waals surface area contributed by atoms with Crippen molar-refractivity contribution in [1.29, 1.82) is 0 Å². The minimum atomic E-state index is -0.0278. The molecule has 0 aromatic heterocycles. The summed E-state index contributed by atoms with van der Waals surface area (Å²) in [5, 5.41) is 0.774. The van der Waals surface area contributed by atoms with Gasteiger partial charge in [-0.2, -0.15) is 0 Å². The maximum absolute atomic E-state index is 5.79. The van der Waals surface area contributed by atoms with Gasteiger partial charge in [-0.25, -0.2) is 0 Å². The number of rotatable bonds is 6. The second kappa shape index (κ2) is 7.24. The van der Waals surface area contributed by atoms with E-state index in [1.165, 1.54) is 0 Å². The van der Waals surface area contributed by atoms with Gasteiger partial charge in [0.15, 0.2) is 11.5 Å². The highest BCUT2D eigenvalue weighted by molar-refractivity contribution is 9.10. The molecule has 1 unspecified atom stereocenters. The molecule has 0 heterocycles. The van der Waals surface area contributed by atoms with E-state index in [0.29, 0.717) is 12.4 Å². The molecule has 3 nitrogen and oxygen atoms in total. The smallest absolute Gasteiger partial charge is 0.175 e. The summed E-state index contributed by atoms with van der Waals surface area (Å²) in [5.74, 6) is 1.43. The third-order valence-corrected chi connectivity index (χ3v) is 3.40. The normalized spacial score (nSPS) is 12.3. The van der Waals surface area contributed by atoms with Crippen LogP contribution in [-0.4, -0.2) is 26.9 Å². The van der Waals surface area contributed by atoms with Crippen molar-refractivity contribution in [3.8, 4) is 11.5 Å². The van der Waals surface area contributed by atoms with Crippen LogP contribution in [0.25, 0.3) is 0 Å². The molecule has 1 atom stereocenters. The minimum absolute atomic E-state index is 0.0278. The van der Waals surface area contributed by atoms with Gasteiger partial charge in [0.2, 0.25) is 0 Å². The lowest BCUT2D eigenvalue weighted by molar-refractivity contribution is 0.0894. The van der Waals surface area contributed by atoms with Crippen molar-refractivity contribution in [1.82, 2.24) is 0 Å². The molecule has 0 radical (unpaired) electrons. The van der Waals surface area contributed by atoms with Crippen LogP contribution in [0.1, 0.15) is 12.5 Å². The Morgan fingerprint density at radius 1 is 1.29 bits per heavy atom. The lowest BCUT2D eigenvalue weighted by atomic mass is 10.2. The van der Waals surface area contributed by atoms with Crippen LogP contribution in [0, 0.1) is 0 Å². The zero-order valence-electron chi connectivity index (χ0n) is 10.1. The van der Waals surface area contributed by atoms with Gasteiger partial charge < -0.3 is 14.2 Å². The van der Waals surface area contributed by atoms with E-state index in [2.05, 4.69) is 31.9 Å². The molecule has 0 saturated heterocycles. The summed E-state index contributed by atoms with van der Waals surface area (Å²) in [6.07, 6.45) is -0.0278. The second-order valence-corrected chi connectivity index (χ2v) is 5.04. The van der Waals surface area contributed by atoms with E-state index < -0.39 is 0 Å². The standard InChI is InChI=1S/C12H16Br2O3/c1-8(7-15-2)17-12-10(14)4-9(6-13)5-11(12)16-3/h4-5,8H,6-7H2,1-3H3. The molecule has 0 aliphatic carbocycles. The highest BCUT2D eigenvalue weighted by Gasteiger charge is 2.14. The van der Waals surface area contributed by atoms with E-state index in [1.54, 1.807) is 14.2 Å². The summed E-state index contributed by atoms with van der Waals surface area (Å²) in [5.41, 5.74) is 1.13. The first-order valence-electron chi connectivity index (χ1n) is 5.20. The highest BCUT2D eigenvalue weighted by Crippen LogP contribution is 2.37. The van der Waals surface area contributed by atoms with E-state index in [-0.39, 0.29) is 6.10 Å². The van der Waals surface area contributed by atoms with E-state index in [9.17, 15) is 0 Å². The zero-order valence-corrected chi connectivity index (χ0v) is 13.3. The van der Waals surface area contributed by atoms with Crippen LogP contribution < -0.4 is 9.47 Å². The van der Waals surface area contributed by atoms with Crippen molar-refractivity contribution >= 4 is 31.9 Å². The SMILES string of the molecule is COCC(C)Oc1c(Br)cc(CBr)cc1OC. The summed E-state index contributed by atoms with van der Waals surface area (Å²) >= 11 is 6.91. The third kappa shape index (κ3) is 4.16. The van der Waals surface area contributed by atoms with Gasteiger partial charge in [-0.05, 0) is 40.5 Å². The van der Waals surface area contributed by atoms with Gasteiger partial charge in [0, 0.05) is 12.4 Å². The molecule has 0 spiro atoms. The number of methoxy groups -OCH3 is 2. The monoisotopic (exact) mass is 366 g/mol. The number of benzene rings is 1. The molecule has 0 amide bonds. The summed E-state index contributed by atoms with van der Waals surface area (Å²) in [4.78, 5) is 0. The van der Waals surface area contributed by atoms with E-state index >= 15 is 0 Å². The molecule has 0 aliphatic rings. The number of hydrogen-bond acceptors (Lipinski definition) is 3. The number of halogens is 2. The Morgan fingerprint density at radius 2 is 2.00 bits per heavy atom. The molecule has 0 aliphatic heterocycles. The van der Waals surface area contributed by atoms with Crippen molar-refractivity contribution in [2.24, 2.45) is 0 Å². The fourth-order valence-electron chi connectivity index (χ4n) is 1.43. The maximum Gasteiger partial charge on any atom is 0.175 e. The summed E-state index contributed by atoms with van der Waals surface area (Å²) < 4.78 is 17.1. The van der Waals surface area contributed by atoms with Crippen LogP contribution in [0.15, 0.2) is 16.6 Å². The lowest BCUT2D eigenvalue weighted by Crippen LogP contribution is -2.18. The van der Waals surface area contributed by atoms with Crippen molar-refractivity contribution < 1.29 is 14.2 Å². The predicted octanol–water partition coefficient (Wildman–Crippen LogP) is 3.77. The fourth-order valence-corrected chi connectivity index (χ4v) is 2.34. The lowest BCUT2D eigenvalue weighted by Gasteiger charge is -2.18. The molecule has 0 N–H and O–H groups in total. The van der Waals surface area contributed by atoms with Gasteiger partial charge in [-0.15, -0.1) is 0 Å². The molecule has 17 heavy (non-hydrogen) atoms. The largest absolute Gasteiger partial charge is 0.493 e. The van der Waals surface area contributed by atoms with E-state index in [1.807, 2.05) is 19.1 Å². The molecule has 0 fully saturated rings. The Morgan fingerprint density at radius 3 is 2.53 bits per heavy atom. The molecule has 1 rings (SSSR count). The van der Waals surface area contributed by atoms with Gasteiger partial charge >= 0.3 is 0 Å². The van der Waals surface area contributed by atoms with Crippen LogP contribution in [0.2, 0.25) is 0 Å². The average Bonchev–Trinajstić information content (AvgIpc) is 2.31. The predicted molar refractivity (Wildman–Crippen MR) is 75.3 cm³/mol. The quantitative estimate of drug-likeness (QED) is 0.716. The number of ether oxygens (including phenoxy) is 3. The summed E-state index contributed by atoms with van der Waals surface area (Å²) in [6.45, 7) is 2.49. The Balaban J connectivity index is 2.97. The zero-order chi connectivity index (χ0) is 12.8. The Bertz CT molecular complexity index is 369. The Labute approximate surface area is 119 Å². The van der Waals surface area contributed by atoms with Crippen molar-refractivity contribution in [3.63, 3.8) is 0 Å². The van der Waals surface area contributed by atoms with Crippen molar-refractivity contribution in [3.05, 3.63) is 22.2 Å². The summed E-state index contributed by atoms with van der Waals surface area (Å²) in [6, 6.07) is 3.96. The molecule has 0 bridgehead atoms. The summed E-state index contributed by atoms with van der Waals surface area (Å²) in [7, 11) is 3.29. The molecule has 96 valence electrons. The van der Waals surface area contributed by atoms with Crippen LogP contribution in [0.4, 0.5) is 0 Å². The second-order valence-electron chi connectivity index (χ2n) is 3.63. The first-order valence-corrected chi connectivity index (χ1v) is 7.11. The average molecular weight is 368 g/mol. The molecular formula is C12H16Br2O3. The van der Waals surface area contributed by atoms with E-state index in [4.69, 9.17) is 14.2 Å². The Hall–Kier alpha value is -0.260. The first kappa shape index (κ1) is 14.8. The van der Waals surface area contributed by atoms with E-state index in [0.717, 1.165) is 21.1 Å². The fraction of sp³-hybridized carbons (Fsp3) is 0.500. The minimum Gasteiger partial charge on any atom is -0.493 e. The van der Waals surface area contributed by atoms with Gasteiger partial charge in [0.05, 0.1) is 18.2 Å².